The smallest absolute Gasteiger partial charge is 0.256 e. The van der Waals surface area contributed by atoms with Gasteiger partial charge in [0.15, 0.2) is 6.17 Å². The number of nitrogens with one attached hydrogen (secondary N) is 1. The minimum absolute atomic E-state index is 0.336. The number of rotatable bonds is 3. The van der Waals surface area contributed by atoms with Gasteiger partial charge in [-0.15, -0.1) is 0 Å². The molecule has 1 fully saturated rings. The molecule has 1 heterocycles. The summed E-state index contributed by atoms with van der Waals surface area (Å²) in [7, 11) is 1.13. The highest BCUT2D eigenvalue weighted by Gasteiger charge is 2.46. The molecule has 1 saturated heterocycles. The summed E-state index contributed by atoms with van der Waals surface area (Å²) >= 11 is 0. The molecule has 8 heteroatoms. The summed E-state index contributed by atoms with van der Waals surface area (Å²) < 4.78 is 38.1. The molecule has 1 aliphatic rings. The van der Waals surface area contributed by atoms with Crippen LogP contribution in [0.4, 0.5) is 13.2 Å². The highest BCUT2D eigenvalue weighted by atomic mass is 19.3. The fourth-order valence-corrected chi connectivity index (χ4v) is 1.73. The predicted octanol–water partition coefficient (Wildman–Crippen LogP) is -0.919. The van der Waals surface area contributed by atoms with Crippen molar-refractivity contribution in [2.24, 2.45) is 0 Å². The summed E-state index contributed by atoms with van der Waals surface area (Å²) in [4.78, 5) is 0. The van der Waals surface area contributed by atoms with E-state index in [1.807, 2.05) is 0 Å². The summed E-state index contributed by atoms with van der Waals surface area (Å²) in [5.74, 6) is 0. The molecule has 5 nitrogen and oxygen atoms in total. The van der Waals surface area contributed by atoms with E-state index in [0.29, 0.717) is 5.06 Å². The summed E-state index contributed by atoms with van der Waals surface area (Å²) in [6.07, 6.45) is -8.82. The molecule has 0 aromatic carbocycles. The number of likely N-dealkylation sites (N-methyl/N-ethyl adjacent to an activating group) is 1. The minimum atomic E-state index is -2.97. The van der Waals surface area contributed by atoms with Crippen LogP contribution in [-0.2, 0) is 0 Å². The van der Waals surface area contributed by atoms with Crippen molar-refractivity contribution in [3.8, 4) is 0 Å². The number of hydrogen-bond donors (Lipinski definition) is 3. The van der Waals surface area contributed by atoms with Crippen molar-refractivity contribution in [2.45, 2.75) is 36.9 Å². The van der Waals surface area contributed by atoms with E-state index >= 15 is 0 Å². The lowest BCUT2D eigenvalue weighted by Crippen LogP contribution is -2.67. The van der Waals surface area contributed by atoms with Gasteiger partial charge in [0, 0.05) is 12.6 Å². The van der Waals surface area contributed by atoms with Crippen molar-refractivity contribution in [3.63, 3.8) is 0 Å². The number of aliphatic hydroxyl groups excluding tert-OH is 2. The van der Waals surface area contributed by atoms with Crippen LogP contribution in [0, 0.1) is 5.21 Å². The van der Waals surface area contributed by atoms with Crippen molar-refractivity contribution >= 4 is 0 Å². The Bertz CT molecular complexity index is 231. The topological polar surface area (TPSA) is 78.8 Å². The van der Waals surface area contributed by atoms with Gasteiger partial charge in [0.25, 0.3) is 6.43 Å². The van der Waals surface area contributed by atoms with Gasteiger partial charge in [0.1, 0.15) is 12.2 Å². The molecule has 1 rings (SSSR count). The molecule has 0 aliphatic carbocycles. The zero-order valence-corrected chi connectivity index (χ0v) is 8.55. The van der Waals surface area contributed by atoms with Gasteiger partial charge in [0.2, 0.25) is 0 Å². The van der Waals surface area contributed by atoms with Gasteiger partial charge in [-0.1, -0.05) is 0 Å². The normalized spacial score (nSPS) is 40.7. The zero-order valence-electron chi connectivity index (χ0n) is 8.55. The maximum atomic E-state index is 13.3. The lowest BCUT2D eigenvalue weighted by molar-refractivity contribution is -0.108. The van der Waals surface area contributed by atoms with Crippen LogP contribution in [0.5, 0.6) is 0 Å². The molecule has 3 unspecified atom stereocenters. The number of halogens is 3. The van der Waals surface area contributed by atoms with Crippen LogP contribution in [0.1, 0.15) is 0 Å². The van der Waals surface area contributed by atoms with Crippen LogP contribution < -0.4 is 5.32 Å². The Hall–Kier alpha value is -0.410. The Morgan fingerprint density at radius 3 is 2.38 bits per heavy atom. The number of nitrogens with zero attached hydrogens (tertiary/aromatic N) is 1. The van der Waals surface area contributed by atoms with Gasteiger partial charge in [0.05, 0.1) is 6.04 Å². The Balaban J connectivity index is 2.73. The van der Waals surface area contributed by atoms with E-state index < -0.39 is 36.9 Å². The Morgan fingerprint density at radius 2 is 1.94 bits per heavy atom. The van der Waals surface area contributed by atoms with Crippen molar-refractivity contribution in [1.29, 1.82) is 0 Å². The molecule has 0 aromatic rings. The number of hydroxylamine groups is 2. The van der Waals surface area contributed by atoms with Crippen LogP contribution >= 0.6 is 0 Å². The second-order valence-electron chi connectivity index (χ2n) is 3.87. The van der Waals surface area contributed by atoms with E-state index in [0.717, 1.165) is 7.05 Å². The van der Waals surface area contributed by atoms with Crippen molar-refractivity contribution < 1.29 is 23.4 Å². The van der Waals surface area contributed by atoms with Crippen LogP contribution in [-0.4, -0.2) is 65.8 Å². The predicted molar refractivity (Wildman–Crippen MR) is 49.6 cm³/mol. The highest BCUT2D eigenvalue weighted by Crippen LogP contribution is 2.22. The quantitative estimate of drug-likeness (QED) is 0.559. The SMILES string of the molecule is CN([O-])C[C@H]1NC(C(F)F)[C@@H](O)C(F)C1O. The lowest BCUT2D eigenvalue weighted by atomic mass is 9.91. The number of hydrogen-bond acceptors (Lipinski definition) is 5. The fourth-order valence-electron chi connectivity index (χ4n) is 1.73. The van der Waals surface area contributed by atoms with Crippen molar-refractivity contribution in [1.82, 2.24) is 10.4 Å². The van der Waals surface area contributed by atoms with Gasteiger partial charge in [-0.2, -0.15) is 0 Å². The summed E-state index contributed by atoms with van der Waals surface area (Å²) in [5.41, 5.74) is 0. The molecule has 0 spiro atoms. The van der Waals surface area contributed by atoms with Crippen LogP contribution in [0.2, 0.25) is 0 Å². The van der Waals surface area contributed by atoms with E-state index in [-0.39, 0.29) is 6.54 Å². The van der Waals surface area contributed by atoms with Gasteiger partial charge in [-0.05, 0) is 7.05 Å². The van der Waals surface area contributed by atoms with E-state index in [2.05, 4.69) is 5.32 Å². The van der Waals surface area contributed by atoms with Crippen LogP contribution in [0.25, 0.3) is 0 Å². The van der Waals surface area contributed by atoms with Gasteiger partial charge in [-0.3, -0.25) is 0 Å². The largest absolute Gasteiger partial charge is 0.785 e. The second-order valence-corrected chi connectivity index (χ2v) is 3.87. The first-order valence-electron chi connectivity index (χ1n) is 4.77. The van der Waals surface area contributed by atoms with Crippen LogP contribution in [0.15, 0.2) is 0 Å². The van der Waals surface area contributed by atoms with Gasteiger partial charge >= 0.3 is 0 Å². The second kappa shape index (κ2) is 5.28. The van der Waals surface area contributed by atoms with Crippen molar-refractivity contribution in [2.75, 3.05) is 13.6 Å². The molecule has 16 heavy (non-hydrogen) atoms. The molecule has 0 bridgehead atoms. The summed E-state index contributed by atoms with van der Waals surface area (Å²) in [5, 5.41) is 31.8. The van der Waals surface area contributed by atoms with E-state index in [1.165, 1.54) is 0 Å². The fraction of sp³-hybridized carbons (Fsp3) is 1.00. The minimum Gasteiger partial charge on any atom is -0.785 e. The molecule has 0 amide bonds. The van der Waals surface area contributed by atoms with Gasteiger partial charge in [-0.25, -0.2) is 13.2 Å². The summed E-state index contributed by atoms with van der Waals surface area (Å²) in [6.45, 7) is -0.336. The molecule has 0 radical (unpaired) electrons. The van der Waals surface area contributed by atoms with Gasteiger partial charge < -0.3 is 25.8 Å². The van der Waals surface area contributed by atoms with E-state index in [1.54, 1.807) is 0 Å². The number of aliphatic hydroxyl groups is 2. The Morgan fingerprint density at radius 1 is 1.38 bits per heavy atom. The molecule has 1 aliphatic heterocycles. The standard InChI is InChI=1S/C8H14F3N2O3/c1-13(16)2-3-6(14)4(9)7(15)5(12-3)8(10)11/h3-8,12,14-15H,2H2,1H3/q-1/t3-,4?,5?,6?,7+/m1/s1. The maximum absolute atomic E-state index is 13.3. The number of piperidine rings is 1. The molecule has 0 aromatic heterocycles. The third kappa shape index (κ3) is 2.83. The Kier molecular flexibility index (Phi) is 4.51. The average molecular weight is 243 g/mol. The first kappa shape index (κ1) is 13.7. The third-order valence-electron chi connectivity index (χ3n) is 2.56. The highest BCUT2D eigenvalue weighted by molar-refractivity contribution is 5.00. The van der Waals surface area contributed by atoms with E-state index in [4.69, 9.17) is 5.11 Å². The number of alkyl halides is 3. The van der Waals surface area contributed by atoms with Crippen LogP contribution in [0.3, 0.4) is 0 Å². The zero-order chi connectivity index (χ0) is 12.5. The van der Waals surface area contributed by atoms with E-state index in [9.17, 15) is 23.5 Å². The molecule has 96 valence electrons. The first-order chi connectivity index (χ1) is 7.34. The van der Waals surface area contributed by atoms with Crippen molar-refractivity contribution in [3.05, 3.63) is 5.21 Å². The molecule has 0 saturated carbocycles. The average Bonchev–Trinajstić information content (AvgIpc) is 2.18. The Labute approximate surface area is 90.4 Å². The lowest BCUT2D eigenvalue weighted by Gasteiger charge is -2.42. The third-order valence-corrected chi connectivity index (χ3v) is 2.56. The molecule has 5 atom stereocenters. The molecular formula is C8H14F3N2O3-. The monoisotopic (exact) mass is 243 g/mol. The molecule has 3 N–H and O–H groups in total. The first-order valence-corrected chi connectivity index (χ1v) is 4.77. The molecular weight excluding hydrogens is 229 g/mol. The maximum Gasteiger partial charge on any atom is 0.256 e. The summed E-state index contributed by atoms with van der Waals surface area (Å²) in [6, 6.07) is -2.90.